The van der Waals surface area contributed by atoms with Crippen molar-refractivity contribution in [2.24, 2.45) is 5.10 Å². The lowest BCUT2D eigenvalue weighted by Crippen LogP contribution is -2.27. The molecule has 0 radical (unpaired) electrons. The van der Waals surface area contributed by atoms with Gasteiger partial charge in [-0.25, -0.2) is 5.01 Å². The van der Waals surface area contributed by atoms with Crippen LogP contribution in [0.4, 0.5) is 0 Å². The Bertz CT molecular complexity index is 787. The average molecular weight is 421 g/mol. The molecule has 0 saturated carbocycles. The summed E-state index contributed by atoms with van der Waals surface area (Å²) in [4.78, 5) is 24.3. The van der Waals surface area contributed by atoms with Gasteiger partial charge in [0.05, 0.1) is 16.6 Å². The van der Waals surface area contributed by atoms with Crippen molar-refractivity contribution in [1.29, 1.82) is 0 Å². The Hall–Kier alpha value is -1.99. The number of hydrazone groups is 1. The van der Waals surface area contributed by atoms with Gasteiger partial charge in [0, 0.05) is 23.7 Å². The molecular formula is C18H17BrN2O3S. The second-order valence-electron chi connectivity index (χ2n) is 5.78. The van der Waals surface area contributed by atoms with Crippen LogP contribution in [0.2, 0.25) is 0 Å². The molecular weight excluding hydrogens is 404 g/mol. The van der Waals surface area contributed by atoms with E-state index in [-0.39, 0.29) is 24.8 Å². The van der Waals surface area contributed by atoms with Crippen molar-refractivity contribution >= 4 is 44.9 Å². The number of nitrogens with zero attached hydrogens (tertiary/aromatic N) is 2. The van der Waals surface area contributed by atoms with Gasteiger partial charge in [-0.2, -0.15) is 5.10 Å². The number of halogens is 1. The van der Waals surface area contributed by atoms with Crippen LogP contribution in [-0.2, 0) is 9.59 Å². The number of carboxylic acids is 1. The summed E-state index contributed by atoms with van der Waals surface area (Å²) in [5.41, 5.74) is 1.92. The summed E-state index contributed by atoms with van der Waals surface area (Å²) in [6, 6.07) is 11.7. The minimum atomic E-state index is -0.888. The van der Waals surface area contributed by atoms with Gasteiger partial charge in [0.1, 0.15) is 0 Å². The van der Waals surface area contributed by atoms with Gasteiger partial charge in [0.15, 0.2) is 0 Å². The second kappa shape index (κ2) is 7.93. The molecule has 0 spiro atoms. The van der Waals surface area contributed by atoms with E-state index >= 15 is 0 Å². The molecule has 5 nitrogen and oxygen atoms in total. The Morgan fingerprint density at radius 3 is 2.64 bits per heavy atom. The highest BCUT2D eigenvalue weighted by atomic mass is 79.9. The van der Waals surface area contributed by atoms with E-state index in [2.05, 4.69) is 21.0 Å². The SMILES string of the molecule is O=C(O)CCCC(=O)N1N=C(c2cccs2)C[C@H]1c1ccc(Br)cc1. The smallest absolute Gasteiger partial charge is 0.303 e. The Labute approximate surface area is 158 Å². The van der Waals surface area contributed by atoms with Crippen LogP contribution in [0.15, 0.2) is 51.4 Å². The van der Waals surface area contributed by atoms with Crippen molar-refractivity contribution in [3.05, 3.63) is 56.7 Å². The number of carboxylic acid groups (broad SMARTS) is 1. The second-order valence-corrected chi connectivity index (χ2v) is 7.64. The molecule has 2 heterocycles. The van der Waals surface area contributed by atoms with Gasteiger partial charge in [-0.15, -0.1) is 11.3 Å². The van der Waals surface area contributed by atoms with E-state index in [1.807, 2.05) is 41.8 Å². The van der Waals surface area contributed by atoms with E-state index in [1.165, 1.54) is 5.01 Å². The fourth-order valence-corrected chi connectivity index (χ4v) is 3.77. The third kappa shape index (κ3) is 4.35. The van der Waals surface area contributed by atoms with Crippen LogP contribution in [-0.4, -0.2) is 27.7 Å². The highest BCUT2D eigenvalue weighted by Gasteiger charge is 2.33. The zero-order valence-electron chi connectivity index (χ0n) is 13.4. The summed E-state index contributed by atoms with van der Waals surface area (Å²) >= 11 is 5.03. The van der Waals surface area contributed by atoms with Crippen molar-refractivity contribution < 1.29 is 14.7 Å². The van der Waals surface area contributed by atoms with E-state index in [9.17, 15) is 9.59 Å². The van der Waals surface area contributed by atoms with Crippen LogP contribution in [0.1, 0.15) is 42.2 Å². The zero-order chi connectivity index (χ0) is 17.8. The number of carbonyl (C=O) groups excluding carboxylic acids is 1. The highest BCUT2D eigenvalue weighted by Crippen LogP contribution is 2.34. The molecule has 1 aliphatic rings. The normalized spacial score (nSPS) is 16.8. The monoisotopic (exact) mass is 420 g/mol. The van der Waals surface area contributed by atoms with Gasteiger partial charge in [-0.3, -0.25) is 9.59 Å². The maximum Gasteiger partial charge on any atom is 0.303 e. The maximum atomic E-state index is 12.6. The Morgan fingerprint density at radius 2 is 2.00 bits per heavy atom. The molecule has 0 fully saturated rings. The largest absolute Gasteiger partial charge is 0.481 e. The van der Waals surface area contributed by atoms with E-state index in [1.54, 1.807) is 11.3 Å². The number of amides is 1. The molecule has 1 aliphatic heterocycles. The minimum absolute atomic E-state index is 0.00989. The van der Waals surface area contributed by atoms with E-state index in [4.69, 9.17) is 5.11 Å². The summed E-state index contributed by atoms with van der Waals surface area (Å²) in [5.74, 6) is -1.03. The zero-order valence-corrected chi connectivity index (χ0v) is 15.8. The Balaban J connectivity index is 1.81. The summed E-state index contributed by atoms with van der Waals surface area (Å²) in [7, 11) is 0. The average Bonchev–Trinajstić information content (AvgIpc) is 3.24. The maximum absolute atomic E-state index is 12.6. The van der Waals surface area contributed by atoms with E-state index < -0.39 is 5.97 Å². The molecule has 25 heavy (non-hydrogen) atoms. The standard InChI is InChI=1S/C18H17BrN2O3S/c19-13-8-6-12(7-9-13)15-11-14(16-3-2-10-25-16)20-21(15)17(22)4-1-5-18(23)24/h2-3,6-10,15H,1,4-5,11H2,(H,23,24)/t15-/m0/s1. The molecule has 0 aliphatic carbocycles. The summed E-state index contributed by atoms with van der Waals surface area (Å²) in [5, 5.41) is 16.8. The summed E-state index contributed by atoms with van der Waals surface area (Å²) in [6.45, 7) is 0. The Kier molecular flexibility index (Phi) is 5.65. The third-order valence-corrected chi connectivity index (χ3v) is 5.46. The molecule has 1 aromatic carbocycles. The molecule has 130 valence electrons. The van der Waals surface area contributed by atoms with Crippen LogP contribution < -0.4 is 0 Å². The van der Waals surface area contributed by atoms with Crippen molar-refractivity contribution in [3.8, 4) is 0 Å². The van der Waals surface area contributed by atoms with Crippen LogP contribution in [0, 0.1) is 0 Å². The molecule has 7 heteroatoms. The quantitative estimate of drug-likeness (QED) is 0.750. The van der Waals surface area contributed by atoms with E-state index in [0.717, 1.165) is 20.6 Å². The van der Waals surface area contributed by atoms with Crippen LogP contribution in [0.5, 0.6) is 0 Å². The van der Waals surface area contributed by atoms with E-state index in [0.29, 0.717) is 12.8 Å². The van der Waals surface area contributed by atoms with Gasteiger partial charge in [-0.05, 0) is 35.6 Å². The molecule has 0 saturated heterocycles. The molecule has 1 atom stereocenters. The first-order valence-electron chi connectivity index (χ1n) is 7.95. The fraction of sp³-hybridized carbons (Fsp3) is 0.278. The third-order valence-electron chi connectivity index (χ3n) is 4.01. The summed E-state index contributed by atoms with van der Waals surface area (Å²) in [6.07, 6.45) is 1.15. The topological polar surface area (TPSA) is 70.0 Å². The first-order valence-corrected chi connectivity index (χ1v) is 9.62. The first kappa shape index (κ1) is 17.8. The van der Waals surface area contributed by atoms with Crippen LogP contribution >= 0.6 is 27.3 Å². The number of aliphatic carboxylic acids is 1. The van der Waals surface area contributed by atoms with Gasteiger partial charge in [-0.1, -0.05) is 34.1 Å². The van der Waals surface area contributed by atoms with Gasteiger partial charge in [0.25, 0.3) is 0 Å². The predicted octanol–water partition coefficient (Wildman–Crippen LogP) is 4.44. The lowest BCUT2D eigenvalue weighted by Gasteiger charge is -2.22. The Morgan fingerprint density at radius 1 is 1.24 bits per heavy atom. The van der Waals surface area contributed by atoms with Crippen molar-refractivity contribution in [2.45, 2.75) is 31.7 Å². The molecule has 3 rings (SSSR count). The first-order chi connectivity index (χ1) is 12.0. The predicted molar refractivity (Wildman–Crippen MR) is 101 cm³/mol. The number of rotatable bonds is 6. The number of carbonyl (C=O) groups is 2. The van der Waals surface area contributed by atoms with Crippen molar-refractivity contribution in [1.82, 2.24) is 5.01 Å². The van der Waals surface area contributed by atoms with Crippen molar-refractivity contribution in [3.63, 3.8) is 0 Å². The number of benzene rings is 1. The fourth-order valence-electron chi connectivity index (χ4n) is 2.78. The number of hydrogen-bond acceptors (Lipinski definition) is 4. The van der Waals surface area contributed by atoms with Gasteiger partial charge in [0.2, 0.25) is 5.91 Å². The van der Waals surface area contributed by atoms with Crippen LogP contribution in [0.25, 0.3) is 0 Å². The molecule has 0 bridgehead atoms. The molecule has 2 aromatic rings. The van der Waals surface area contributed by atoms with Gasteiger partial charge >= 0.3 is 5.97 Å². The highest BCUT2D eigenvalue weighted by molar-refractivity contribution is 9.10. The molecule has 0 unspecified atom stereocenters. The summed E-state index contributed by atoms with van der Waals surface area (Å²) < 4.78 is 0.980. The minimum Gasteiger partial charge on any atom is -0.481 e. The van der Waals surface area contributed by atoms with Gasteiger partial charge < -0.3 is 5.11 Å². The number of hydrogen-bond donors (Lipinski definition) is 1. The molecule has 1 aromatic heterocycles. The number of thiophene rings is 1. The lowest BCUT2D eigenvalue weighted by molar-refractivity contribution is -0.137. The molecule has 1 amide bonds. The van der Waals surface area contributed by atoms with Crippen LogP contribution in [0.3, 0.4) is 0 Å². The van der Waals surface area contributed by atoms with Crippen molar-refractivity contribution in [2.75, 3.05) is 0 Å². The molecule has 1 N–H and O–H groups in total. The lowest BCUT2D eigenvalue weighted by atomic mass is 10.0.